The van der Waals surface area contributed by atoms with Crippen LogP contribution in [0.4, 0.5) is 8.78 Å². The van der Waals surface area contributed by atoms with Crippen LogP contribution >= 0.6 is 22.9 Å². The quantitative estimate of drug-likeness (QED) is 0.678. The highest BCUT2D eigenvalue weighted by atomic mass is 35.5. The Morgan fingerprint density at radius 1 is 1.36 bits per heavy atom. The van der Waals surface area contributed by atoms with Crippen molar-refractivity contribution in [1.29, 1.82) is 0 Å². The van der Waals surface area contributed by atoms with Gasteiger partial charge in [0.05, 0.1) is 12.1 Å². The lowest BCUT2D eigenvalue weighted by molar-refractivity contribution is 0.415. The first-order valence-corrected chi connectivity index (χ1v) is 8.36. The summed E-state index contributed by atoms with van der Waals surface area (Å²) in [6.45, 7) is 0.199. The molecule has 1 aromatic rings. The summed E-state index contributed by atoms with van der Waals surface area (Å²) in [4.78, 5) is 33.4. The van der Waals surface area contributed by atoms with E-state index < -0.39 is 17.3 Å². The molecule has 0 fully saturated rings. The summed E-state index contributed by atoms with van der Waals surface area (Å²) in [5.41, 5.74) is -1.09. The van der Waals surface area contributed by atoms with Gasteiger partial charge in [0, 0.05) is 23.8 Å². The van der Waals surface area contributed by atoms with Gasteiger partial charge in [-0.25, -0.2) is 9.78 Å². The molecule has 0 radical (unpaired) electrons. The van der Waals surface area contributed by atoms with E-state index in [4.69, 9.17) is 11.6 Å². The molecule has 25 heavy (non-hydrogen) atoms. The molecule has 0 bridgehead atoms. The van der Waals surface area contributed by atoms with E-state index in [1.807, 2.05) is 0 Å². The summed E-state index contributed by atoms with van der Waals surface area (Å²) >= 11 is 7.09. The van der Waals surface area contributed by atoms with Gasteiger partial charge >= 0.3 is 5.69 Å². The zero-order valence-electron chi connectivity index (χ0n) is 12.7. The van der Waals surface area contributed by atoms with Crippen molar-refractivity contribution in [1.82, 2.24) is 19.1 Å². The van der Waals surface area contributed by atoms with E-state index in [2.05, 4.69) is 9.97 Å². The van der Waals surface area contributed by atoms with E-state index in [-0.39, 0.29) is 24.4 Å². The van der Waals surface area contributed by atoms with Crippen LogP contribution in [0.25, 0.3) is 11.4 Å². The van der Waals surface area contributed by atoms with Crippen LogP contribution in [0.15, 0.2) is 46.3 Å². The van der Waals surface area contributed by atoms with Crippen molar-refractivity contribution in [3.63, 3.8) is 0 Å². The fourth-order valence-corrected chi connectivity index (χ4v) is 3.35. The number of allylic oxidation sites excluding steroid dienone is 1. The summed E-state index contributed by atoms with van der Waals surface area (Å²) in [5, 5.41) is 0. The third kappa shape index (κ3) is 3.83. The average molecular weight is 385 g/mol. The molecule has 0 aromatic carbocycles. The predicted molar refractivity (Wildman–Crippen MR) is 90.5 cm³/mol. The van der Waals surface area contributed by atoms with Gasteiger partial charge in [0.1, 0.15) is 0 Å². The van der Waals surface area contributed by atoms with Crippen LogP contribution in [0.2, 0.25) is 4.47 Å². The lowest BCUT2D eigenvalue weighted by Crippen LogP contribution is -2.38. The smallest absolute Gasteiger partial charge is 0.327 e. The molecule has 3 heterocycles. The van der Waals surface area contributed by atoms with Crippen molar-refractivity contribution in [2.24, 2.45) is 0 Å². The van der Waals surface area contributed by atoms with E-state index in [1.54, 1.807) is 29.1 Å². The third-order valence-corrected chi connectivity index (χ3v) is 4.55. The molecule has 0 unspecified atom stereocenters. The fourth-order valence-electron chi connectivity index (χ4n) is 2.37. The van der Waals surface area contributed by atoms with E-state index in [0.29, 0.717) is 17.1 Å². The number of hydrogen-bond acceptors (Lipinski definition) is 5. The first kappa shape index (κ1) is 17.4. The molecule has 2 aliphatic rings. The van der Waals surface area contributed by atoms with Crippen LogP contribution in [0.1, 0.15) is 11.3 Å². The number of halogens is 3. The molecule has 0 spiro atoms. The van der Waals surface area contributed by atoms with E-state index in [1.165, 1.54) is 11.3 Å². The highest BCUT2D eigenvalue weighted by Gasteiger charge is 2.17. The Kier molecular flexibility index (Phi) is 5.05. The van der Waals surface area contributed by atoms with Crippen LogP contribution < -0.4 is 11.2 Å². The number of aromatic nitrogens is 4. The minimum Gasteiger partial charge on any atom is -0.327 e. The van der Waals surface area contributed by atoms with Gasteiger partial charge in [0.15, 0.2) is 10.3 Å². The maximum Gasteiger partial charge on any atom is 0.352 e. The Morgan fingerprint density at radius 3 is 2.84 bits per heavy atom. The SMILES string of the molecule is O=c1nc2n(Cc3cnc(Cl)s3)cccc-2c(=O)n1CCC=C(F)F. The second kappa shape index (κ2) is 7.24. The highest BCUT2D eigenvalue weighted by molar-refractivity contribution is 7.15. The molecule has 0 atom stereocenters. The molecule has 2 aliphatic heterocycles. The fraction of sp³-hybridized carbons (Fsp3) is 0.200. The first-order valence-electron chi connectivity index (χ1n) is 7.17. The Hall–Kier alpha value is -2.39. The number of nitrogens with zero attached hydrogens (tertiary/aromatic N) is 4. The molecule has 1 aromatic heterocycles. The van der Waals surface area contributed by atoms with E-state index >= 15 is 0 Å². The van der Waals surface area contributed by atoms with Crippen molar-refractivity contribution >= 4 is 22.9 Å². The molecule has 10 heteroatoms. The summed E-state index contributed by atoms with van der Waals surface area (Å²) in [6, 6.07) is 3.20. The number of hydrogen-bond donors (Lipinski definition) is 0. The third-order valence-electron chi connectivity index (χ3n) is 3.45. The number of thiazole rings is 1. The van der Waals surface area contributed by atoms with Gasteiger partial charge in [-0.1, -0.05) is 11.6 Å². The monoisotopic (exact) mass is 384 g/mol. The van der Waals surface area contributed by atoms with Crippen LogP contribution in [0.5, 0.6) is 0 Å². The van der Waals surface area contributed by atoms with Gasteiger partial charge in [0.2, 0.25) is 0 Å². The molecule has 0 aliphatic carbocycles. The Balaban J connectivity index is 2.01. The van der Waals surface area contributed by atoms with Crippen molar-refractivity contribution in [3.05, 3.63) is 66.9 Å². The Bertz CT molecular complexity index is 1020. The molecule has 3 rings (SSSR count). The van der Waals surface area contributed by atoms with E-state index in [9.17, 15) is 18.4 Å². The molecule has 0 saturated carbocycles. The lowest BCUT2D eigenvalue weighted by atomic mass is 10.2. The molecular weight excluding hydrogens is 374 g/mol. The molecule has 0 N–H and O–H groups in total. The number of fused-ring (bicyclic) bond motifs is 1. The number of rotatable bonds is 5. The van der Waals surface area contributed by atoms with Gasteiger partial charge in [-0.15, -0.1) is 11.3 Å². The average Bonchev–Trinajstić information content (AvgIpc) is 2.96. The van der Waals surface area contributed by atoms with Gasteiger partial charge in [-0.05, 0) is 24.6 Å². The van der Waals surface area contributed by atoms with Crippen LogP contribution in [0, 0.1) is 0 Å². The Morgan fingerprint density at radius 2 is 2.16 bits per heavy atom. The normalized spacial score (nSPS) is 11.0. The van der Waals surface area contributed by atoms with Gasteiger partial charge in [-0.3, -0.25) is 9.36 Å². The van der Waals surface area contributed by atoms with E-state index in [0.717, 1.165) is 9.44 Å². The maximum absolute atomic E-state index is 12.5. The minimum atomic E-state index is -1.85. The molecule has 6 nitrogen and oxygen atoms in total. The van der Waals surface area contributed by atoms with Gasteiger partial charge in [-0.2, -0.15) is 13.8 Å². The predicted octanol–water partition coefficient (Wildman–Crippen LogP) is 2.84. The molecule has 130 valence electrons. The van der Waals surface area contributed by atoms with Crippen molar-refractivity contribution in [3.8, 4) is 11.4 Å². The topological polar surface area (TPSA) is 69.8 Å². The molecule has 0 amide bonds. The largest absolute Gasteiger partial charge is 0.352 e. The van der Waals surface area contributed by atoms with Gasteiger partial charge in [0.25, 0.3) is 11.6 Å². The lowest BCUT2D eigenvalue weighted by Gasteiger charge is -2.14. The zero-order chi connectivity index (χ0) is 18.0. The minimum absolute atomic E-state index is 0.128. The number of pyridine rings is 1. The summed E-state index contributed by atoms with van der Waals surface area (Å²) in [5.74, 6) is 0.227. The van der Waals surface area contributed by atoms with Crippen LogP contribution in [0.3, 0.4) is 0 Å². The maximum atomic E-state index is 12.5. The second-order valence-corrected chi connectivity index (χ2v) is 6.78. The van der Waals surface area contributed by atoms with Crippen LogP contribution in [-0.4, -0.2) is 19.1 Å². The van der Waals surface area contributed by atoms with Crippen molar-refractivity contribution < 1.29 is 8.78 Å². The van der Waals surface area contributed by atoms with Crippen molar-refractivity contribution in [2.45, 2.75) is 19.5 Å². The van der Waals surface area contributed by atoms with Crippen molar-refractivity contribution in [2.75, 3.05) is 0 Å². The van der Waals surface area contributed by atoms with Crippen LogP contribution in [-0.2, 0) is 13.1 Å². The Labute approximate surface area is 149 Å². The second-order valence-electron chi connectivity index (χ2n) is 5.09. The van der Waals surface area contributed by atoms with Gasteiger partial charge < -0.3 is 4.57 Å². The first-order chi connectivity index (χ1) is 12.0. The molecular formula is C15H11ClF2N4O2S. The molecule has 0 saturated heterocycles. The summed E-state index contributed by atoms with van der Waals surface area (Å²) < 4.78 is 27.1. The highest BCUT2D eigenvalue weighted by Crippen LogP contribution is 2.21. The summed E-state index contributed by atoms with van der Waals surface area (Å²) in [6.07, 6.45) is 1.98. The zero-order valence-corrected chi connectivity index (χ0v) is 14.2. The summed E-state index contributed by atoms with van der Waals surface area (Å²) in [7, 11) is 0. The standard InChI is InChI=1S/C15H11ClF2N4O2S/c16-14-19-7-9(25-14)8-21-5-1-3-10-12(21)20-15(24)22(13(10)23)6-2-4-11(17)18/h1,3-5,7H,2,6,8H2.